The molecule has 0 radical (unpaired) electrons. The molecule has 7 rings (SSSR count). The quantitative estimate of drug-likeness (QED) is 0.208. The van der Waals surface area contributed by atoms with Crippen LogP contribution in [0.5, 0.6) is 0 Å². The normalized spacial score (nSPS) is 11.6. The lowest BCUT2D eigenvalue weighted by Crippen LogP contribution is -1.91. The molecule has 0 nitrogen and oxygen atoms in total. The molecule has 0 heterocycles. The molecule has 0 bridgehead atoms. The van der Waals surface area contributed by atoms with Crippen molar-refractivity contribution in [1.82, 2.24) is 0 Å². The molecule has 0 unspecified atom stereocenters. The molecular weight excluding hydrogens is 479 g/mol. The third-order valence-corrected chi connectivity index (χ3v) is 7.59. The van der Waals surface area contributed by atoms with Crippen molar-refractivity contribution in [2.45, 2.75) is 0 Å². The van der Waals surface area contributed by atoms with Crippen molar-refractivity contribution in [2.75, 3.05) is 0 Å². The summed E-state index contributed by atoms with van der Waals surface area (Å²) in [6.45, 7) is 0. The van der Waals surface area contributed by atoms with E-state index in [1.54, 1.807) is 0 Å². The van der Waals surface area contributed by atoms with Crippen LogP contribution in [0.2, 0.25) is 10.0 Å². The van der Waals surface area contributed by atoms with Crippen LogP contribution in [0.15, 0.2) is 121 Å². The van der Waals surface area contributed by atoms with Crippen LogP contribution in [0.4, 0.5) is 0 Å². The molecule has 7 aromatic rings. The van der Waals surface area contributed by atoms with E-state index in [2.05, 4.69) is 109 Å². The molecule has 36 heavy (non-hydrogen) atoms. The zero-order chi connectivity index (χ0) is 24.2. The van der Waals surface area contributed by atoms with Gasteiger partial charge in [-0.2, -0.15) is 0 Å². The Bertz CT molecular complexity index is 1900. The minimum absolute atomic E-state index is 0.718. The van der Waals surface area contributed by atoms with Crippen molar-refractivity contribution in [2.24, 2.45) is 0 Å². The smallest absolute Gasteiger partial charge is 0.0412 e. The molecule has 7 aromatic carbocycles. The Morgan fingerprint density at radius 2 is 0.750 bits per heavy atom. The van der Waals surface area contributed by atoms with Crippen molar-refractivity contribution in [3.63, 3.8) is 0 Å². The van der Waals surface area contributed by atoms with Gasteiger partial charge in [-0.1, -0.05) is 108 Å². The maximum atomic E-state index is 6.61. The molecule has 0 spiro atoms. The molecule has 0 fully saturated rings. The van der Waals surface area contributed by atoms with Crippen LogP contribution in [-0.2, 0) is 0 Å². The van der Waals surface area contributed by atoms with E-state index < -0.39 is 0 Å². The first-order chi connectivity index (χ1) is 17.7. The van der Waals surface area contributed by atoms with E-state index in [1.165, 1.54) is 43.4 Å². The highest BCUT2D eigenvalue weighted by atomic mass is 35.5. The summed E-state index contributed by atoms with van der Waals surface area (Å²) in [5.41, 5.74) is 4.68. The minimum atomic E-state index is 0.718. The lowest BCUT2D eigenvalue weighted by Gasteiger charge is -2.19. The first-order valence-corrected chi connectivity index (χ1v) is 12.7. The van der Waals surface area contributed by atoms with Crippen LogP contribution in [0.3, 0.4) is 0 Å². The molecular formula is C34H20Cl2. The number of benzene rings is 7. The Hall–Kier alpha value is -3.84. The van der Waals surface area contributed by atoms with E-state index in [0.29, 0.717) is 0 Å². The predicted octanol–water partition coefficient (Wildman–Crippen LogP) is 10.9. The minimum Gasteiger partial charge on any atom is -0.0843 e. The van der Waals surface area contributed by atoms with Crippen LogP contribution in [0.25, 0.3) is 65.3 Å². The number of halogens is 2. The highest BCUT2D eigenvalue weighted by Gasteiger charge is 2.18. The first-order valence-electron chi connectivity index (χ1n) is 12.0. The van der Waals surface area contributed by atoms with Gasteiger partial charge in [-0.25, -0.2) is 0 Å². The summed E-state index contributed by atoms with van der Waals surface area (Å²) < 4.78 is 0. The van der Waals surface area contributed by atoms with Crippen molar-refractivity contribution in [3.05, 3.63) is 131 Å². The fourth-order valence-corrected chi connectivity index (χ4v) is 5.83. The molecule has 0 saturated carbocycles. The van der Waals surface area contributed by atoms with Crippen LogP contribution >= 0.6 is 23.2 Å². The second-order valence-corrected chi connectivity index (χ2v) is 10.1. The average molecular weight is 499 g/mol. The molecule has 0 aliphatic rings. The number of fused-ring (bicyclic) bond motifs is 4. The van der Waals surface area contributed by atoms with Gasteiger partial charge in [-0.05, 0) is 102 Å². The molecule has 0 aliphatic heterocycles. The van der Waals surface area contributed by atoms with Gasteiger partial charge in [-0.3, -0.25) is 0 Å². The predicted molar refractivity (Wildman–Crippen MR) is 157 cm³/mol. The second-order valence-electron chi connectivity index (χ2n) is 9.25. The maximum absolute atomic E-state index is 6.61. The molecule has 2 heteroatoms. The van der Waals surface area contributed by atoms with Crippen molar-refractivity contribution in [1.29, 1.82) is 0 Å². The lowest BCUT2D eigenvalue weighted by molar-refractivity contribution is 1.68. The Labute approximate surface area is 219 Å². The van der Waals surface area contributed by atoms with Crippen molar-refractivity contribution in [3.8, 4) is 22.3 Å². The van der Waals surface area contributed by atoms with E-state index in [-0.39, 0.29) is 0 Å². The first kappa shape index (κ1) is 21.4. The van der Waals surface area contributed by atoms with Gasteiger partial charge in [0.05, 0.1) is 0 Å². The van der Waals surface area contributed by atoms with Crippen LogP contribution < -0.4 is 0 Å². The highest BCUT2D eigenvalue weighted by molar-refractivity contribution is 6.34. The van der Waals surface area contributed by atoms with Gasteiger partial charge in [-0.15, -0.1) is 0 Å². The van der Waals surface area contributed by atoms with E-state index in [4.69, 9.17) is 23.2 Å². The van der Waals surface area contributed by atoms with Gasteiger partial charge in [0.2, 0.25) is 0 Å². The second kappa shape index (κ2) is 8.38. The summed E-state index contributed by atoms with van der Waals surface area (Å²) in [4.78, 5) is 0. The standard InChI is InChI=1S/C34H20Cl2/c35-27-13-15-29-31(19-27)34(26-12-10-22-6-2-4-8-24(22)18-26)32-20-28(36)14-16-30(32)33(29)25-11-9-21-5-1-3-7-23(21)17-25/h1-20H. The highest BCUT2D eigenvalue weighted by Crippen LogP contribution is 2.45. The van der Waals surface area contributed by atoms with E-state index >= 15 is 0 Å². The van der Waals surface area contributed by atoms with E-state index in [1.807, 2.05) is 12.1 Å². The summed E-state index contributed by atoms with van der Waals surface area (Å²) >= 11 is 13.2. The van der Waals surface area contributed by atoms with Crippen molar-refractivity contribution >= 4 is 66.3 Å². The topological polar surface area (TPSA) is 0 Å². The molecule has 170 valence electrons. The number of hydrogen-bond donors (Lipinski definition) is 0. The summed E-state index contributed by atoms with van der Waals surface area (Å²) in [5.74, 6) is 0. The fraction of sp³-hybridized carbons (Fsp3) is 0. The Balaban J connectivity index is 1.64. The summed E-state index contributed by atoms with van der Waals surface area (Å²) in [5, 5.41) is 10.9. The van der Waals surface area contributed by atoms with Gasteiger partial charge in [0, 0.05) is 10.0 Å². The SMILES string of the molecule is Clc1ccc2c(-c3ccc4ccccc4c3)c3ccc(Cl)cc3c(-c3ccc4ccccc4c3)c2c1. The van der Waals surface area contributed by atoms with Crippen LogP contribution in [0, 0.1) is 0 Å². The van der Waals surface area contributed by atoms with Gasteiger partial charge in [0.15, 0.2) is 0 Å². The van der Waals surface area contributed by atoms with E-state index in [9.17, 15) is 0 Å². The molecule has 0 aliphatic carbocycles. The molecule has 0 amide bonds. The number of hydrogen-bond acceptors (Lipinski definition) is 0. The monoisotopic (exact) mass is 498 g/mol. The summed E-state index contributed by atoms with van der Waals surface area (Å²) in [6, 6.07) is 42.8. The zero-order valence-electron chi connectivity index (χ0n) is 19.3. The summed E-state index contributed by atoms with van der Waals surface area (Å²) in [7, 11) is 0. The summed E-state index contributed by atoms with van der Waals surface area (Å²) in [6.07, 6.45) is 0. The molecule has 0 saturated heterocycles. The maximum Gasteiger partial charge on any atom is 0.0412 e. The Kier molecular flexibility index (Phi) is 4.99. The van der Waals surface area contributed by atoms with Gasteiger partial charge < -0.3 is 0 Å². The van der Waals surface area contributed by atoms with Gasteiger partial charge >= 0.3 is 0 Å². The fourth-order valence-electron chi connectivity index (χ4n) is 5.48. The Morgan fingerprint density at radius 1 is 0.333 bits per heavy atom. The zero-order valence-corrected chi connectivity index (χ0v) is 20.8. The molecule has 0 aromatic heterocycles. The molecule has 0 atom stereocenters. The van der Waals surface area contributed by atoms with Gasteiger partial charge in [0.25, 0.3) is 0 Å². The third-order valence-electron chi connectivity index (χ3n) is 7.12. The largest absolute Gasteiger partial charge is 0.0843 e. The molecule has 0 N–H and O–H groups in total. The van der Waals surface area contributed by atoms with Crippen LogP contribution in [0.1, 0.15) is 0 Å². The Morgan fingerprint density at radius 3 is 1.22 bits per heavy atom. The van der Waals surface area contributed by atoms with Crippen molar-refractivity contribution < 1.29 is 0 Å². The number of rotatable bonds is 2. The lowest BCUT2D eigenvalue weighted by atomic mass is 9.85. The average Bonchev–Trinajstić information content (AvgIpc) is 2.91. The third kappa shape index (κ3) is 3.45. The van der Waals surface area contributed by atoms with Crippen LogP contribution in [-0.4, -0.2) is 0 Å². The van der Waals surface area contributed by atoms with Gasteiger partial charge in [0.1, 0.15) is 0 Å². The van der Waals surface area contributed by atoms with E-state index in [0.717, 1.165) is 31.9 Å².